The van der Waals surface area contributed by atoms with E-state index < -0.39 is 0 Å². The van der Waals surface area contributed by atoms with Crippen LogP contribution in [0.15, 0.2) is 18.2 Å². The molecule has 1 atom stereocenters. The van der Waals surface area contributed by atoms with Crippen LogP contribution < -0.4 is 10.1 Å². The zero-order valence-corrected chi connectivity index (χ0v) is 12.6. The second-order valence-corrected chi connectivity index (χ2v) is 4.94. The van der Waals surface area contributed by atoms with Gasteiger partial charge in [0.05, 0.1) is 0 Å². The first-order valence-corrected chi connectivity index (χ1v) is 6.81. The Morgan fingerprint density at radius 2 is 2.15 bits per heavy atom. The molecule has 1 amide bonds. The normalized spacial score (nSPS) is 12.1. The number of carbonyl (C=O) groups is 1. The van der Waals surface area contributed by atoms with Gasteiger partial charge in [0, 0.05) is 31.8 Å². The van der Waals surface area contributed by atoms with Gasteiger partial charge in [-0.05, 0) is 26.0 Å². The van der Waals surface area contributed by atoms with Gasteiger partial charge in [-0.2, -0.15) is 0 Å². The lowest BCUT2D eigenvalue weighted by Gasteiger charge is -2.16. The predicted octanol–water partition coefficient (Wildman–Crippen LogP) is 2.35. The van der Waals surface area contributed by atoms with E-state index in [0.29, 0.717) is 11.3 Å². The Morgan fingerprint density at radius 3 is 2.70 bits per heavy atom. The highest BCUT2D eigenvalue weighted by Crippen LogP contribution is 2.22. The molecular formula is C15H23FN2O2. The molecule has 0 saturated carbocycles. The van der Waals surface area contributed by atoms with Crippen molar-refractivity contribution in [3.8, 4) is 5.75 Å². The van der Waals surface area contributed by atoms with Gasteiger partial charge in [0.15, 0.2) is 6.61 Å². The number of halogens is 1. The first-order chi connectivity index (χ1) is 9.45. The first-order valence-electron chi connectivity index (χ1n) is 6.81. The van der Waals surface area contributed by atoms with Crippen molar-refractivity contribution in [1.82, 2.24) is 10.2 Å². The highest BCUT2D eigenvalue weighted by Gasteiger charge is 2.12. The largest absolute Gasteiger partial charge is 0.484 e. The summed E-state index contributed by atoms with van der Waals surface area (Å²) in [5.41, 5.74) is 0.602. The van der Waals surface area contributed by atoms with Crippen LogP contribution in [0, 0.1) is 5.82 Å². The molecule has 0 aliphatic rings. The van der Waals surface area contributed by atoms with Crippen molar-refractivity contribution in [3.05, 3.63) is 29.6 Å². The van der Waals surface area contributed by atoms with Crippen molar-refractivity contribution in [3.63, 3.8) is 0 Å². The molecule has 0 aromatic heterocycles. The van der Waals surface area contributed by atoms with E-state index in [9.17, 15) is 9.18 Å². The van der Waals surface area contributed by atoms with Crippen LogP contribution in [0.5, 0.6) is 5.75 Å². The average Bonchev–Trinajstić information content (AvgIpc) is 2.42. The molecule has 0 radical (unpaired) electrons. The van der Waals surface area contributed by atoms with Crippen LogP contribution in [0.3, 0.4) is 0 Å². The lowest BCUT2D eigenvalue weighted by molar-refractivity contribution is -0.130. The van der Waals surface area contributed by atoms with Crippen molar-refractivity contribution < 1.29 is 13.9 Å². The topological polar surface area (TPSA) is 41.6 Å². The van der Waals surface area contributed by atoms with Crippen molar-refractivity contribution in [2.75, 3.05) is 27.2 Å². The highest BCUT2D eigenvalue weighted by atomic mass is 19.1. The lowest BCUT2D eigenvalue weighted by Crippen LogP contribution is -2.27. The van der Waals surface area contributed by atoms with Gasteiger partial charge in [-0.1, -0.05) is 13.0 Å². The minimum absolute atomic E-state index is 0.0487. The third-order valence-corrected chi connectivity index (χ3v) is 3.00. The fraction of sp³-hybridized carbons (Fsp3) is 0.533. The summed E-state index contributed by atoms with van der Waals surface area (Å²) in [7, 11) is 3.30. The lowest BCUT2D eigenvalue weighted by atomic mass is 10.1. The molecule has 0 fully saturated rings. The van der Waals surface area contributed by atoms with E-state index in [2.05, 4.69) is 12.2 Å². The number of hydrogen-bond acceptors (Lipinski definition) is 3. The summed E-state index contributed by atoms with van der Waals surface area (Å²) in [4.78, 5) is 12.8. The van der Waals surface area contributed by atoms with Crippen LogP contribution in [-0.2, 0) is 4.79 Å². The number of amides is 1. The number of rotatable bonds is 7. The zero-order valence-electron chi connectivity index (χ0n) is 12.6. The van der Waals surface area contributed by atoms with Crippen molar-refractivity contribution in [2.24, 2.45) is 0 Å². The van der Waals surface area contributed by atoms with Gasteiger partial charge in [-0.3, -0.25) is 4.79 Å². The van der Waals surface area contributed by atoms with E-state index >= 15 is 0 Å². The summed E-state index contributed by atoms with van der Waals surface area (Å²) in [6, 6.07) is 4.65. The van der Waals surface area contributed by atoms with Crippen LogP contribution in [0.1, 0.15) is 31.9 Å². The molecule has 0 aliphatic heterocycles. The molecule has 1 rings (SSSR count). The Morgan fingerprint density at radius 1 is 1.45 bits per heavy atom. The van der Waals surface area contributed by atoms with Gasteiger partial charge in [0.25, 0.3) is 5.91 Å². The monoisotopic (exact) mass is 282 g/mol. The number of benzene rings is 1. The van der Waals surface area contributed by atoms with Crippen molar-refractivity contribution >= 4 is 5.91 Å². The maximum Gasteiger partial charge on any atom is 0.259 e. The van der Waals surface area contributed by atoms with Crippen molar-refractivity contribution in [1.29, 1.82) is 0 Å². The third-order valence-electron chi connectivity index (χ3n) is 3.00. The number of nitrogens with zero attached hydrogens (tertiary/aromatic N) is 1. The summed E-state index contributed by atoms with van der Waals surface area (Å²) >= 11 is 0. The number of hydrogen-bond donors (Lipinski definition) is 1. The smallest absolute Gasteiger partial charge is 0.259 e. The molecule has 1 aromatic rings. The van der Waals surface area contributed by atoms with E-state index in [1.165, 1.54) is 11.0 Å². The number of carbonyl (C=O) groups excluding carboxylic acids is 1. The van der Waals surface area contributed by atoms with Gasteiger partial charge in [-0.15, -0.1) is 0 Å². The molecular weight excluding hydrogens is 259 g/mol. The number of ether oxygens (including phenoxy) is 1. The summed E-state index contributed by atoms with van der Waals surface area (Å²) < 4.78 is 19.3. The molecule has 0 saturated heterocycles. The molecule has 1 N–H and O–H groups in total. The minimum Gasteiger partial charge on any atom is -0.484 e. The number of nitrogens with one attached hydrogen (secondary N) is 1. The Kier molecular flexibility index (Phi) is 6.45. The van der Waals surface area contributed by atoms with E-state index in [0.717, 1.165) is 13.0 Å². The van der Waals surface area contributed by atoms with E-state index in [1.807, 2.05) is 6.92 Å². The summed E-state index contributed by atoms with van der Waals surface area (Å²) in [6.45, 7) is 4.74. The molecule has 0 spiro atoms. The Bertz CT molecular complexity index is 449. The van der Waals surface area contributed by atoms with Crippen LogP contribution >= 0.6 is 0 Å². The van der Waals surface area contributed by atoms with Crippen LogP contribution in [0.4, 0.5) is 4.39 Å². The second kappa shape index (κ2) is 7.85. The quantitative estimate of drug-likeness (QED) is 0.834. The van der Waals surface area contributed by atoms with Gasteiger partial charge in [0.2, 0.25) is 0 Å². The molecule has 4 nitrogen and oxygen atoms in total. The standard InChI is InChI=1S/C15H23FN2O2/c1-5-8-17-11(2)13-7-6-12(9-14(13)16)20-10-15(19)18(3)4/h6-7,9,11,17H,5,8,10H2,1-4H3. The fourth-order valence-electron chi connectivity index (χ4n) is 1.69. The molecule has 20 heavy (non-hydrogen) atoms. The second-order valence-electron chi connectivity index (χ2n) is 4.94. The first kappa shape index (κ1) is 16.4. The van der Waals surface area contributed by atoms with Crippen LogP contribution in [-0.4, -0.2) is 38.1 Å². The summed E-state index contributed by atoms with van der Waals surface area (Å²) in [6.07, 6.45) is 1.000. The zero-order chi connectivity index (χ0) is 15.1. The summed E-state index contributed by atoms with van der Waals surface area (Å²) in [5.74, 6) is -0.118. The highest BCUT2D eigenvalue weighted by molar-refractivity contribution is 5.77. The molecule has 5 heteroatoms. The molecule has 0 aliphatic carbocycles. The van der Waals surface area contributed by atoms with E-state index in [-0.39, 0.29) is 24.4 Å². The van der Waals surface area contributed by atoms with Gasteiger partial charge >= 0.3 is 0 Å². The molecule has 112 valence electrons. The predicted molar refractivity (Wildman–Crippen MR) is 77.3 cm³/mol. The third kappa shape index (κ3) is 4.81. The van der Waals surface area contributed by atoms with Gasteiger partial charge in [-0.25, -0.2) is 4.39 Å². The Balaban J connectivity index is 2.65. The SMILES string of the molecule is CCCNC(C)c1ccc(OCC(=O)N(C)C)cc1F. The van der Waals surface area contributed by atoms with Gasteiger partial charge < -0.3 is 15.0 Å². The minimum atomic E-state index is -0.323. The summed E-state index contributed by atoms with van der Waals surface area (Å²) in [5, 5.41) is 3.23. The molecule has 0 heterocycles. The Labute approximate surface area is 119 Å². The molecule has 1 aromatic carbocycles. The number of likely N-dealkylation sites (N-methyl/N-ethyl adjacent to an activating group) is 1. The van der Waals surface area contributed by atoms with E-state index in [1.54, 1.807) is 26.2 Å². The molecule has 1 unspecified atom stereocenters. The van der Waals surface area contributed by atoms with Crippen LogP contribution in [0.25, 0.3) is 0 Å². The van der Waals surface area contributed by atoms with Gasteiger partial charge in [0.1, 0.15) is 11.6 Å². The fourth-order valence-corrected chi connectivity index (χ4v) is 1.69. The maximum atomic E-state index is 14.0. The molecule has 0 bridgehead atoms. The van der Waals surface area contributed by atoms with Crippen LogP contribution in [0.2, 0.25) is 0 Å². The average molecular weight is 282 g/mol. The maximum absolute atomic E-state index is 14.0. The Hall–Kier alpha value is -1.62. The van der Waals surface area contributed by atoms with E-state index in [4.69, 9.17) is 4.74 Å². The van der Waals surface area contributed by atoms with Crippen molar-refractivity contribution in [2.45, 2.75) is 26.3 Å².